The van der Waals surface area contributed by atoms with Crippen LogP contribution in [0.2, 0.25) is 0 Å². The van der Waals surface area contributed by atoms with E-state index in [9.17, 15) is 0 Å². The molecular formula is C10H23NO. The smallest absolute Gasteiger partial charge is 0.0587 e. The van der Waals surface area contributed by atoms with E-state index >= 15 is 0 Å². The molecule has 1 unspecified atom stereocenters. The number of rotatable bonds is 7. The molecule has 0 aromatic carbocycles. The summed E-state index contributed by atoms with van der Waals surface area (Å²) < 4.78 is 4.98. The van der Waals surface area contributed by atoms with Crippen molar-refractivity contribution in [3.63, 3.8) is 0 Å². The predicted octanol–water partition coefficient (Wildman–Crippen LogP) is 2.05. The molecule has 0 aliphatic carbocycles. The lowest BCUT2D eigenvalue weighted by Gasteiger charge is -2.22. The maximum absolute atomic E-state index is 4.98. The summed E-state index contributed by atoms with van der Waals surface area (Å²) in [4.78, 5) is 0. The van der Waals surface area contributed by atoms with Crippen LogP contribution in [0.4, 0.5) is 0 Å². The van der Waals surface area contributed by atoms with Gasteiger partial charge in [0.15, 0.2) is 0 Å². The standard InChI is InChI=1S/C10H23NO/c1-5-10(6-2)9(3)11-7-8-12-4/h9-11H,5-8H2,1-4H3. The summed E-state index contributed by atoms with van der Waals surface area (Å²) in [7, 11) is 1.74. The zero-order chi connectivity index (χ0) is 9.40. The average molecular weight is 173 g/mol. The molecule has 0 spiro atoms. The van der Waals surface area contributed by atoms with E-state index < -0.39 is 0 Å². The second kappa shape index (κ2) is 7.56. The van der Waals surface area contributed by atoms with Crippen LogP contribution in [-0.4, -0.2) is 26.3 Å². The summed E-state index contributed by atoms with van der Waals surface area (Å²) in [5.74, 6) is 0.807. The average Bonchev–Trinajstić information content (AvgIpc) is 2.07. The van der Waals surface area contributed by atoms with Gasteiger partial charge in [-0.1, -0.05) is 26.7 Å². The summed E-state index contributed by atoms with van der Waals surface area (Å²) in [5, 5.41) is 3.46. The summed E-state index contributed by atoms with van der Waals surface area (Å²) >= 11 is 0. The van der Waals surface area contributed by atoms with Crippen LogP contribution in [0.1, 0.15) is 33.6 Å². The van der Waals surface area contributed by atoms with E-state index in [0.717, 1.165) is 19.1 Å². The van der Waals surface area contributed by atoms with Gasteiger partial charge in [-0.15, -0.1) is 0 Å². The number of ether oxygens (including phenoxy) is 1. The van der Waals surface area contributed by atoms with Crippen molar-refractivity contribution in [3.8, 4) is 0 Å². The Morgan fingerprint density at radius 1 is 1.25 bits per heavy atom. The highest BCUT2D eigenvalue weighted by Gasteiger charge is 2.11. The third kappa shape index (κ3) is 4.73. The maximum atomic E-state index is 4.98. The van der Waals surface area contributed by atoms with Gasteiger partial charge in [0.1, 0.15) is 0 Å². The number of hydrogen-bond acceptors (Lipinski definition) is 2. The Labute approximate surface area is 76.7 Å². The van der Waals surface area contributed by atoms with Gasteiger partial charge in [0.2, 0.25) is 0 Å². The van der Waals surface area contributed by atoms with Gasteiger partial charge in [-0.25, -0.2) is 0 Å². The van der Waals surface area contributed by atoms with Gasteiger partial charge in [-0.2, -0.15) is 0 Å². The van der Waals surface area contributed by atoms with Gasteiger partial charge in [-0.05, 0) is 12.8 Å². The first-order valence-corrected chi connectivity index (χ1v) is 4.98. The van der Waals surface area contributed by atoms with Crippen molar-refractivity contribution in [1.29, 1.82) is 0 Å². The lowest BCUT2D eigenvalue weighted by Crippen LogP contribution is -2.35. The molecule has 0 bridgehead atoms. The molecule has 0 fully saturated rings. The van der Waals surface area contributed by atoms with Gasteiger partial charge in [0.25, 0.3) is 0 Å². The highest BCUT2D eigenvalue weighted by Crippen LogP contribution is 2.11. The Hall–Kier alpha value is -0.0800. The molecule has 0 aromatic rings. The normalized spacial score (nSPS) is 13.8. The lowest BCUT2D eigenvalue weighted by atomic mass is 9.96. The quantitative estimate of drug-likeness (QED) is 0.595. The van der Waals surface area contributed by atoms with Gasteiger partial charge in [0, 0.05) is 19.7 Å². The van der Waals surface area contributed by atoms with E-state index in [1.807, 2.05) is 0 Å². The molecule has 0 aliphatic heterocycles. The third-order valence-corrected chi connectivity index (χ3v) is 2.53. The van der Waals surface area contributed by atoms with E-state index in [2.05, 4.69) is 26.1 Å². The summed E-state index contributed by atoms with van der Waals surface area (Å²) in [6, 6.07) is 0.621. The van der Waals surface area contributed by atoms with Gasteiger partial charge in [-0.3, -0.25) is 0 Å². The molecule has 0 saturated heterocycles. The van der Waals surface area contributed by atoms with Crippen LogP contribution in [0.25, 0.3) is 0 Å². The largest absolute Gasteiger partial charge is 0.383 e. The predicted molar refractivity (Wildman–Crippen MR) is 53.4 cm³/mol. The van der Waals surface area contributed by atoms with E-state index in [4.69, 9.17) is 4.74 Å². The first kappa shape index (κ1) is 11.9. The van der Waals surface area contributed by atoms with Crippen LogP contribution in [-0.2, 0) is 4.74 Å². The fourth-order valence-electron chi connectivity index (χ4n) is 1.55. The van der Waals surface area contributed by atoms with Crippen LogP contribution in [0.15, 0.2) is 0 Å². The topological polar surface area (TPSA) is 21.3 Å². The fourth-order valence-corrected chi connectivity index (χ4v) is 1.55. The summed E-state index contributed by atoms with van der Waals surface area (Å²) in [5.41, 5.74) is 0. The van der Waals surface area contributed by atoms with Crippen LogP contribution in [0.3, 0.4) is 0 Å². The summed E-state index contributed by atoms with van der Waals surface area (Å²) in [6.45, 7) is 8.54. The van der Waals surface area contributed by atoms with Gasteiger partial charge < -0.3 is 10.1 Å². The fraction of sp³-hybridized carbons (Fsp3) is 1.00. The number of hydrogen-bond donors (Lipinski definition) is 1. The Bertz CT molecular complexity index is 91.8. The monoisotopic (exact) mass is 173 g/mol. The van der Waals surface area contributed by atoms with E-state index in [0.29, 0.717) is 6.04 Å². The molecule has 0 radical (unpaired) electrons. The third-order valence-electron chi connectivity index (χ3n) is 2.53. The number of methoxy groups -OCH3 is 1. The Balaban J connectivity index is 3.47. The van der Waals surface area contributed by atoms with E-state index in [1.165, 1.54) is 12.8 Å². The minimum atomic E-state index is 0.621. The van der Waals surface area contributed by atoms with Crippen LogP contribution in [0, 0.1) is 5.92 Å². The molecule has 0 heterocycles. The zero-order valence-corrected chi connectivity index (χ0v) is 8.89. The molecule has 12 heavy (non-hydrogen) atoms. The molecule has 2 heteroatoms. The molecule has 74 valence electrons. The molecule has 2 nitrogen and oxygen atoms in total. The molecule has 1 N–H and O–H groups in total. The summed E-state index contributed by atoms with van der Waals surface area (Å²) in [6.07, 6.45) is 2.52. The van der Waals surface area contributed by atoms with Gasteiger partial charge in [0.05, 0.1) is 6.61 Å². The van der Waals surface area contributed by atoms with Crippen molar-refractivity contribution in [2.75, 3.05) is 20.3 Å². The molecule has 1 atom stereocenters. The van der Waals surface area contributed by atoms with Crippen molar-refractivity contribution < 1.29 is 4.74 Å². The molecular weight excluding hydrogens is 150 g/mol. The van der Waals surface area contributed by atoms with Crippen LogP contribution >= 0.6 is 0 Å². The second-order valence-corrected chi connectivity index (χ2v) is 3.31. The highest BCUT2D eigenvalue weighted by molar-refractivity contribution is 4.69. The maximum Gasteiger partial charge on any atom is 0.0587 e. The SMILES string of the molecule is CCC(CC)C(C)NCCOC. The Kier molecular flexibility index (Phi) is 7.51. The molecule has 0 aromatic heterocycles. The van der Waals surface area contributed by atoms with Crippen molar-refractivity contribution in [3.05, 3.63) is 0 Å². The lowest BCUT2D eigenvalue weighted by molar-refractivity contribution is 0.191. The number of nitrogens with one attached hydrogen (secondary N) is 1. The molecule has 0 saturated carbocycles. The van der Waals surface area contributed by atoms with E-state index in [-0.39, 0.29) is 0 Å². The Morgan fingerprint density at radius 2 is 1.83 bits per heavy atom. The van der Waals surface area contributed by atoms with Crippen molar-refractivity contribution in [2.24, 2.45) is 5.92 Å². The second-order valence-electron chi connectivity index (χ2n) is 3.31. The van der Waals surface area contributed by atoms with Crippen molar-refractivity contribution in [1.82, 2.24) is 5.32 Å². The minimum absolute atomic E-state index is 0.621. The first-order chi connectivity index (χ1) is 5.76. The van der Waals surface area contributed by atoms with Crippen molar-refractivity contribution in [2.45, 2.75) is 39.7 Å². The zero-order valence-electron chi connectivity index (χ0n) is 8.89. The van der Waals surface area contributed by atoms with Crippen LogP contribution < -0.4 is 5.32 Å². The van der Waals surface area contributed by atoms with Gasteiger partial charge >= 0.3 is 0 Å². The first-order valence-electron chi connectivity index (χ1n) is 4.98. The Morgan fingerprint density at radius 3 is 2.25 bits per heavy atom. The molecule has 0 rings (SSSR count). The van der Waals surface area contributed by atoms with Crippen LogP contribution in [0.5, 0.6) is 0 Å². The molecule has 0 amide bonds. The van der Waals surface area contributed by atoms with Crippen molar-refractivity contribution >= 4 is 0 Å². The highest BCUT2D eigenvalue weighted by atomic mass is 16.5. The molecule has 0 aliphatic rings. The van der Waals surface area contributed by atoms with E-state index in [1.54, 1.807) is 7.11 Å². The minimum Gasteiger partial charge on any atom is -0.383 e.